The zero-order chi connectivity index (χ0) is 25.3. The standard InChI is InChI=1S/C24H27Cl2FN6O2/c1-13(28)24(34)32-7-5-17(6-8-32)33-12-16(11-31-33)15-9-20(23(29)30-10-15)35-14(2)21-18(25)3-4-19(27)22(21)26/h3-4,9-14,17H,5-8,28H2,1-2H3,(H2,29,30). The number of likely N-dealkylation sites (tertiary alicyclic amines) is 1. The van der Waals surface area contributed by atoms with Crippen molar-refractivity contribution < 1.29 is 13.9 Å². The lowest BCUT2D eigenvalue weighted by Gasteiger charge is -2.33. The zero-order valence-corrected chi connectivity index (χ0v) is 20.9. The number of nitrogen functional groups attached to an aromatic ring is 1. The van der Waals surface area contributed by atoms with Gasteiger partial charge in [-0.05, 0) is 44.9 Å². The number of nitrogens with zero attached hydrogens (tertiary/aromatic N) is 4. The Kier molecular flexibility index (Phi) is 7.49. The number of halogens is 3. The molecular weight excluding hydrogens is 494 g/mol. The summed E-state index contributed by atoms with van der Waals surface area (Å²) in [6.45, 7) is 4.70. The number of piperidine rings is 1. The number of benzene rings is 1. The Bertz CT molecular complexity index is 1230. The Morgan fingerprint density at radius 1 is 1.20 bits per heavy atom. The van der Waals surface area contributed by atoms with Crippen molar-refractivity contribution in [1.82, 2.24) is 19.7 Å². The van der Waals surface area contributed by atoms with Gasteiger partial charge >= 0.3 is 0 Å². The number of hydrogen-bond acceptors (Lipinski definition) is 6. The molecule has 3 aromatic rings. The molecule has 0 radical (unpaired) electrons. The van der Waals surface area contributed by atoms with E-state index in [1.54, 1.807) is 37.2 Å². The van der Waals surface area contributed by atoms with Crippen LogP contribution in [0.2, 0.25) is 10.0 Å². The SMILES string of the molecule is CC(N)C(=O)N1CCC(n2cc(-c3cnc(N)c(OC(C)c4c(Cl)ccc(F)c4Cl)c3)cn2)CC1. The quantitative estimate of drug-likeness (QED) is 0.458. The number of anilines is 1. The molecule has 3 heterocycles. The maximum absolute atomic E-state index is 14.0. The van der Waals surface area contributed by atoms with E-state index in [2.05, 4.69) is 10.1 Å². The second-order valence-corrected chi connectivity index (χ2v) is 9.46. The van der Waals surface area contributed by atoms with Crippen molar-refractivity contribution in [1.29, 1.82) is 0 Å². The van der Waals surface area contributed by atoms with Gasteiger partial charge in [0.25, 0.3) is 0 Å². The lowest BCUT2D eigenvalue weighted by atomic mass is 10.0. The van der Waals surface area contributed by atoms with Gasteiger partial charge in [-0.25, -0.2) is 9.37 Å². The zero-order valence-electron chi connectivity index (χ0n) is 19.4. The maximum Gasteiger partial charge on any atom is 0.239 e. The number of amides is 1. The summed E-state index contributed by atoms with van der Waals surface area (Å²) in [5.41, 5.74) is 13.7. The van der Waals surface area contributed by atoms with Gasteiger partial charge in [0.2, 0.25) is 5.91 Å². The highest BCUT2D eigenvalue weighted by Crippen LogP contribution is 2.37. The van der Waals surface area contributed by atoms with Gasteiger partial charge in [0, 0.05) is 47.2 Å². The summed E-state index contributed by atoms with van der Waals surface area (Å²) in [4.78, 5) is 18.2. The summed E-state index contributed by atoms with van der Waals surface area (Å²) in [5.74, 6) is -0.105. The highest BCUT2D eigenvalue weighted by molar-refractivity contribution is 6.36. The van der Waals surface area contributed by atoms with Crippen molar-refractivity contribution in [2.75, 3.05) is 18.8 Å². The highest BCUT2D eigenvalue weighted by atomic mass is 35.5. The van der Waals surface area contributed by atoms with Crippen LogP contribution in [0.25, 0.3) is 11.1 Å². The average molecular weight is 521 g/mol. The van der Waals surface area contributed by atoms with E-state index in [0.717, 1.165) is 24.0 Å². The lowest BCUT2D eigenvalue weighted by molar-refractivity contribution is -0.133. The molecule has 8 nitrogen and oxygen atoms in total. The molecule has 0 saturated carbocycles. The van der Waals surface area contributed by atoms with Gasteiger partial charge in [-0.2, -0.15) is 5.10 Å². The Hall–Kier alpha value is -2.88. The number of ether oxygens (including phenoxy) is 1. The largest absolute Gasteiger partial charge is 0.482 e. The van der Waals surface area contributed by atoms with Crippen LogP contribution in [0.4, 0.5) is 10.2 Å². The summed E-state index contributed by atoms with van der Waals surface area (Å²) in [6, 6.07) is 4.07. The summed E-state index contributed by atoms with van der Waals surface area (Å²) in [7, 11) is 0. The van der Waals surface area contributed by atoms with Crippen LogP contribution in [0, 0.1) is 5.82 Å². The van der Waals surface area contributed by atoms with Gasteiger partial charge in [0.05, 0.1) is 23.3 Å². The molecule has 2 aromatic heterocycles. The van der Waals surface area contributed by atoms with Gasteiger partial charge in [-0.3, -0.25) is 9.48 Å². The second kappa shape index (κ2) is 10.4. The minimum Gasteiger partial charge on any atom is -0.482 e. The molecule has 2 unspecified atom stereocenters. The Morgan fingerprint density at radius 2 is 1.91 bits per heavy atom. The number of pyridine rings is 1. The smallest absolute Gasteiger partial charge is 0.239 e. The van der Waals surface area contributed by atoms with Crippen LogP contribution in [0.5, 0.6) is 5.75 Å². The number of nitrogens with two attached hydrogens (primary N) is 2. The van der Waals surface area contributed by atoms with Gasteiger partial charge < -0.3 is 21.1 Å². The second-order valence-electron chi connectivity index (χ2n) is 8.68. The van der Waals surface area contributed by atoms with Crippen molar-refractivity contribution >= 4 is 34.9 Å². The van der Waals surface area contributed by atoms with E-state index >= 15 is 0 Å². The predicted octanol–water partition coefficient (Wildman–Crippen LogP) is 4.62. The van der Waals surface area contributed by atoms with Gasteiger partial charge in [0.1, 0.15) is 11.9 Å². The Balaban J connectivity index is 1.49. The van der Waals surface area contributed by atoms with E-state index in [1.807, 2.05) is 10.9 Å². The molecule has 1 saturated heterocycles. The fourth-order valence-electron chi connectivity index (χ4n) is 4.20. The monoisotopic (exact) mass is 520 g/mol. The molecule has 0 aliphatic carbocycles. The third kappa shape index (κ3) is 5.37. The van der Waals surface area contributed by atoms with E-state index in [0.29, 0.717) is 29.4 Å². The first-order valence-corrected chi connectivity index (χ1v) is 12.1. The molecule has 1 aliphatic rings. The fraction of sp³-hybridized carbons (Fsp3) is 0.375. The van der Waals surface area contributed by atoms with Gasteiger partial charge in [0.15, 0.2) is 11.6 Å². The third-order valence-electron chi connectivity index (χ3n) is 6.15. The van der Waals surface area contributed by atoms with E-state index in [-0.39, 0.29) is 22.8 Å². The van der Waals surface area contributed by atoms with Crippen molar-refractivity contribution in [3.05, 3.63) is 58.2 Å². The molecule has 2 atom stereocenters. The first kappa shape index (κ1) is 25.2. The predicted molar refractivity (Wildman–Crippen MR) is 134 cm³/mol. The summed E-state index contributed by atoms with van der Waals surface area (Å²) in [6.07, 6.45) is 6.24. The van der Waals surface area contributed by atoms with Crippen LogP contribution in [0.15, 0.2) is 36.8 Å². The molecule has 1 aliphatic heterocycles. The maximum atomic E-state index is 14.0. The van der Waals surface area contributed by atoms with Crippen molar-refractivity contribution in [2.24, 2.45) is 5.73 Å². The molecule has 0 spiro atoms. The first-order valence-electron chi connectivity index (χ1n) is 11.3. The highest BCUT2D eigenvalue weighted by Gasteiger charge is 2.26. The molecular formula is C24H27Cl2FN6O2. The van der Waals surface area contributed by atoms with Crippen molar-refractivity contribution in [2.45, 2.75) is 44.9 Å². The van der Waals surface area contributed by atoms with E-state index in [1.165, 1.54) is 12.1 Å². The van der Waals surface area contributed by atoms with Crippen LogP contribution in [0.3, 0.4) is 0 Å². The molecule has 35 heavy (non-hydrogen) atoms. The van der Waals surface area contributed by atoms with Gasteiger partial charge in [-0.15, -0.1) is 0 Å². The number of aromatic nitrogens is 3. The molecule has 4 rings (SSSR count). The molecule has 11 heteroatoms. The molecule has 1 amide bonds. The van der Waals surface area contributed by atoms with Crippen LogP contribution in [0.1, 0.15) is 44.4 Å². The van der Waals surface area contributed by atoms with E-state index < -0.39 is 18.0 Å². The number of carbonyl (C=O) groups excluding carboxylic acids is 1. The summed E-state index contributed by atoms with van der Waals surface area (Å²) in [5, 5.41) is 4.73. The van der Waals surface area contributed by atoms with Crippen LogP contribution in [-0.2, 0) is 4.79 Å². The summed E-state index contributed by atoms with van der Waals surface area (Å²) < 4.78 is 21.9. The minimum atomic E-state index is -0.670. The Labute approximate surface area is 213 Å². The lowest BCUT2D eigenvalue weighted by Crippen LogP contribution is -2.46. The van der Waals surface area contributed by atoms with Crippen LogP contribution < -0.4 is 16.2 Å². The summed E-state index contributed by atoms with van der Waals surface area (Å²) >= 11 is 12.4. The molecule has 0 bridgehead atoms. The van der Waals surface area contributed by atoms with Crippen molar-refractivity contribution in [3.63, 3.8) is 0 Å². The van der Waals surface area contributed by atoms with Crippen LogP contribution >= 0.6 is 23.2 Å². The average Bonchev–Trinajstić information content (AvgIpc) is 3.33. The molecule has 4 N–H and O–H groups in total. The van der Waals surface area contributed by atoms with Crippen molar-refractivity contribution in [3.8, 4) is 16.9 Å². The van der Waals surface area contributed by atoms with Gasteiger partial charge in [-0.1, -0.05) is 23.2 Å². The normalized spacial score (nSPS) is 16.2. The number of carbonyl (C=O) groups is 1. The van der Waals surface area contributed by atoms with E-state index in [4.69, 9.17) is 39.4 Å². The Morgan fingerprint density at radius 3 is 2.60 bits per heavy atom. The van der Waals surface area contributed by atoms with Crippen LogP contribution in [-0.4, -0.2) is 44.7 Å². The molecule has 1 aromatic carbocycles. The fourth-order valence-corrected chi connectivity index (χ4v) is 4.88. The van der Waals surface area contributed by atoms with E-state index in [9.17, 15) is 9.18 Å². The minimum absolute atomic E-state index is 0.0277. The molecule has 186 valence electrons. The molecule has 1 fully saturated rings. The first-order chi connectivity index (χ1) is 16.7. The number of rotatable bonds is 6. The number of hydrogen-bond donors (Lipinski definition) is 2. The third-order valence-corrected chi connectivity index (χ3v) is 6.86. The topological polar surface area (TPSA) is 112 Å².